The highest BCUT2D eigenvalue weighted by Crippen LogP contribution is 2.31. The molecule has 0 bridgehead atoms. The molecule has 0 unspecified atom stereocenters. The van der Waals surface area contributed by atoms with Gasteiger partial charge in [-0.1, -0.05) is 19.9 Å². The maximum atomic E-state index is 6.21. The summed E-state index contributed by atoms with van der Waals surface area (Å²) in [6.07, 6.45) is 2.05. The summed E-state index contributed by atoms with van der Waals surface area (Å²) in [5.74, 6) is 3.19. The van der Waals surface area contributed by atoms with Crippen LogP contribution in [0, 0.1) is 0 Å². The zero-order valence-corrected chi connectivity index (χ0v) is 18.0. The number of nitrogens with zero attached hydrogens (tertiary/aromatic N) is 7. The predicted octanol–water partition coefficient (Wildman–Crippen LogP) is 3.17. The molecular weight excluding hydrogens is 392 g/mol. The maximum Gasteiger partial charge on any atom is 0.223 e. The zero-order valence-electron chi connectivity index (χ0n) is 18.0. The van der Waals surface area contributed by atoms with Crippen molar-refractivity contribution in [2.45, 2.75) is 38.5 Å². The molecule has 1 aromatic carbocycles. The van der Waals surface area contributed by atoms with E-state index in [0.29, 0.717) is 28.8 Å². The number of benzene rings is 1. The summed E-state index contributed by atoms with van der Waals surface area (Å²) in [5.41, 5.74) is 8.61. The first-order valence-corrected chi connectivity index (χ1v) is 10.6. The number of ether oxygens (including phenoxy) is 1. The molecule has 4 heterocycles. The van der Waals surface area contributed by atoms with Crippen molar-refractivity contribution in [3.8, 4) is 5.75 Å². The SMILES string of the molecule is COc1cccc2c1nc(N)n1nc([C@@H]3CCCN(c4ccc(C(C)C)nn4)C3)nc21. The number of methoxy groups -OCH3 is 1. The first-order chi connectivity index (χ1) is 15.0. The second-order valence-electron chi connectivity index (χ2n) is 8.29. The van der Waals surface area contributed by atoms with Crippen LogP contribution < -0.4 is 15.4 Å². The van der Waals surface area contributed by atoms with Crippen LogP contribution in [0.5, 0.6) is 5.75 Å². The van der Waals surface area contributed by atoms with E-state index in [1.54, 1.807) is 11.6 Å². The second kappa shape index (κ2) is 7.64. The Morgan fingerprint density at radius 2 is 2.00 bits per heavy atom. The number of rotatable bonds is 4. The summed E-state index contributed by atoms with van der Waals surface area (Å²) in [4.78, 5) is 11.6. The molecule has 0 spiro atoms. The summed E-state index contributed by atoms with van der Waals surface area (Å²) >= 11 is 0. The Kier molecular flexibility index (Phi) is 4.80. The van der Waals surface area contributed by atoms with Crippen molar-refractivity contribution in [2.24, 2.45) is 0 Å². The minimum atomic E-state index is 0.181. The van der Waals surface area contributed by atoms with E-state index in [9.17, 15) is 0 Å². The van der Waals surface area contributed by atoms with Crippen LogP contribution in [0.2, 0.25) is 0 Å². The quantitative estimate of drug-likeness (QED) is 0.538. The summed E-state index contributed by atoms with van der Waals surface area (Å²) in [7, 11) is 1.62. The number of nitrogens with two attached hydrogens (primary N) is 1. The Labute approximate surface area is 180 Å². The fourth-order valence-electron chi connectivity index (χ4n) is 4.19. The van der Waals surface area contributed by atoms with Crippen LogP contribution in [-0.2, 0) is 0 Å². The molecule has 0 radical (unpaired) electrons. The Balaban J connectivity index is 1.49. The molecule has 9 nitrogen and oxygen atoms in total. The molecular formula is C22H26N8O. The van der Waals surface area contributed by atoms with E-state index in [0.717, 1.165) is 48.7 Å². The molecule has 31 heavy (non-hydrogen) atoms. The van der Waals surface area contributed by atoms with Gasteiger partial charge >= 0.3 is 0 Å². The van der Waals surface area contributed by atoms with Crippen molar-refractivity contribution in [3.05, 3.63) is 41.9 Å². The number of hydrogen-bond donors (Lipinski definition) is 1. The Bertz CT molecular complexity index is 1230. The summed E-state index contributed by atoms with van der Waals surface area (Å²) in [6.45, 7) is 5.98. The number of piperidine rings is 1. The molecule has 0 aliphatic carbocycles. The highest BCUT2D eigenvalue weighted by atomic mass is 16.5. The molecule has 160 valence electrons. The summed E-state index contributed by atoms with van der Waals surface area (Å²) in [5, 5.41) is 14.4. The fourth-order valence-corrected chi connectivity index (χ4v) is 4.19. The standard InChI is InChI=1S/C22H26N8O/c1-13(2)16-9-10-18(27-26-16)29-11-5-6-14(12-29)20-25-21-15-7-4-8-17(31-3)19(15)24-22(23)30(21)28-20/h4,7-10,13-14H,5-6,11-12H2,1-3H3,(H2,23,24)/t14-/m1/s1. The lowest BCUT2D eigenvalue weighted by molar-refractivity contribution is 0.419. The van der Waals surface area contributed by atoms with Gasteiger partial charge in [-0.15, -0.1) is 10.2 Å². The largest absolute Gasteiger partial charge is 0.494 e. The van der Waals surface area contributed by atoms with Crippen LogP contribution in [0.4, 0.5) is 11.8 Å². The molecule has 2 N–H and O–H groups in total. The number of anilines is 2. The maximum absolute atomic E-state index is 6.21. The van der Waals surface area contributed by atoms with Gasteiger partial charge < -0.3 is 15.4 Å². The molecule has 1 fully saturated rings. The van der Waals surface area contributed by atoms with Gasteiger partial charge in [-0.25, -0.2) is 9.97 Å². The van der Waals surface area contributed by atoms with Crippen LogP contribution in [0.15, 0.2) is 30.3 Å². The van der Waals surface area contributed by atoms with Crippen molar-refractivity contribution in [3.63, 3.8) is 0 Å². The van der Waals surface area contributed by atoms with Crippen molar-refractivity contribution < 1.29 is 4.74 Å². The molecule has 1 saturated heterocycles. The van der Waals surface area contributed by atoms with Gasteiger partial charge in [-0.2, -0.15) is 9.61 Å². The minimum Gasteiger partial charge on any atom is -0.494 e. The zero-order chi connectivity index (χ0) is 21.5. The van der Waals surface area contributed by atoms with Gasteiger partial charge in [-0.3, -0.25) is 0 Å². The fraction of sp³-hybridized carbons (Fsp3) is 0.409. The summed E-state index contributed by atoms with van der Waals surface area (Å²) < 4.78 is 7.08. The molecule has 3 aromatic heterocycles. The number of hydrogen-bond acceptors (Lipinski definition) is 8. The highest BCUT2D eigenvalue weighted by Gasteiger charge is 2.27. The molecule has 0 saturated carbocycles. The Morgan fingerprint density at radius 3 is 2.74 bits per heavy atom. The van der Waals surface area contributed by atoms with E-state index in [2.05, 4.69) is 46.1 Å². The molecule has 0 amide bonds. The van der Waals surface area contributed by atoms with Gasteiger partial charge in [-0.05, 0) is 43.0 Å². The molecule has 1 aliphatic rings. The predicted molar refractivity (Wildman–Crippen MR) is 120 cm³/mol. The molecule has 5 rings (SSSR count). The first kappa shape index (κ1) is 19.5. The average molecular weight is 419 g/mol. The lowest BCUT2D eigenvalue weighted by atomic mass is 9.97. The van der Waals surface area contributed by atoms with Crippen LogP contribution in [0.1, 0.15) is 50.0 Å². The van der Waals surface area contributed by atoms with Gasteiger partial charge in [0.1, 0.15) is 11.3 Å². The minimum absolute atomic E-state index is 0.181. The Hall–Kier alpha value is -3.49. The van der Waals surface area contributed by atoms with Crippen molar-refractivity contribution in [1.29, 1.82) is 0 Å². The second-order valence-corrected chi connectivity index (χ2v) is 8.29. The lowest BCUT2D eigenvalue weighted by Gasteiger charge is -2.32. The van der Waals surface area contributed by atoms with Crippen molar-refractivity contribution >= 4 is 28.3 Å². The van der Waals surface area contributed by atoms with Crippen LogP contribution in [-0.4, -0.2) is 50.0 Å². The van der Waals surface area contributed by atoms with Crippen LogP contribution in [0.25, 0.3) is 16.6 Å². The normalized spacial score (nSPS) is 17.0. The third-order valence-corrected chi connectivity index (χ3v) is 5.90. The topological polar surface area (TPSA) is 107 Å². The van der Waals surface area contributed by atoms with Gasteiger partial charge in [0.25, 0.3) is 0 Å². The van der Waals surface area contributed by atoms with E-state index in [1.807, 2.05) is 18.2 Å². The third-order valence-electron chi connectivity index (χ3n) is 5.90. The highest BCUT2D eigenvalue weighted by molar-refractivity contribution is 5.95. The number of nitrogen functional groups attached to an aromatic ring is 1. The van der Waals surface area contributed by atoms with Gasteiger partial charge in [0.2, 0.25) is 5.95 Å². The van der Waals surface area contributed by atoms with Crippen LogP contribution in [0.3, 0.4) is 0 Å². The monoisotopic (exact) mass is 418 g/mol. The van der Waals surface area contributed by atoms with Crippen LogP contribution >= 0.6 is 0 Å². The van der Waals surface area contributed by atoms with E-state index < -0.39 is 0 Å². The van der Waals surface area contributed by atoms with E-state index in [4.69, 9.17) is 20.6 Å². The summed E-state index contributed by atoms with van der Waals surface area (Å²) in [6, 6.07) is 9.88. The molecule has 1 atom stereocenters. The van der Waals surface area contributed by atoms with Crippen molar-refractivity contribution in [2.75, 3.05) is 30.8 Å². The molecule has 1 aliphatic heterocycles. The average Bonchev–Trinajstić information content (AvgIpc) is 3.26. The van der Waals surface area contributed by atoms with E-state index in [-0.39, 0.29) is 5.92 Å². The molecule has 9 heteroatoms. The third kappa shape index (κ3) is 3.39. The lowest BCUT2D eigenvalue weighted by Crippen LogP contribution is -2.35. The molecule has 4 aromatic rings. The van der Waals surface area contributed by atoms with Gasteiger partial charge in [0.15, 0.2) is 17.3 Å². The van der Waals surface area contributed by atoms with E-state index in [1.165, 1.54) is 0 Å². The first-order valence-electron chi connectivity index (χ1n) is 10.6. The number of aromatic nitrogens is 6. The van der Waals surface area contributed by atoms with Gasteiger partial charge in [0.05, 0.1) is 12.8 Å². The Morgan fingerprint density at radius 1 is 1.13 bits per heavy atom. The van der Waals surface area contributed by atoms with Gasteiger partial charge in [0, 0.05) is 24.4 Å². The van der Waals surface area contributed by atoms with Crippen molar-refractivity contribution in [1.82, 2.24) is 29.8 Å². The smallest absolute Gasteiger partial charge is 0.223 e. The number of para-hydroxylation sites is 1. The van der Waals surface area contributed by atoms with E-state index >= 15 is 0 Å². The number of fused-ring (bicyclic) bond motifs is 3.